The van der Waals surface area contributed by atoms with Gasteiger partial charge in [-0.05, 0) is 37.8 Å². The number of aromatic carboxylic acids is 1. The van der Waals surface area contributed by atoms with Crippen molar-refractivity contribution in [3.05, 3.63) is 35.4 Å². The monoisotopic (exact) mass is 276 g/mol. The summed E-state index contributed by atoms with van der Waals surface area (Å²) in [4.78, 5) is 23.3. The van der Waals surface area contributed by atoms with Gasteiger partial charge in [0.1, 0.15) is 6.10 Å². The first-order valence-corrected chi connectivity index (χ1v) is 6.84. The highest BCUT2D eigenvalue weighted by atomic mass is 16.6. The Hall–Kier alpha value is -1.88. The number of ether oxygens (including phenoxy) is 2. The summed E-state index contributed by atoms with van der Waals surface area (Å²) in [5.41, 5.74) is 0.0682. The van der Waals surface area contributed by atoms with Crippen LogP contribution in [0.5, 0.6) is 0 Å². The Morgan fingerprint density at radius 2 is 1.80 bits per heavy atom. The molecule has 20 heavy (non-hydrogen) atoms. The number of hydrogen-bond donors (Lipinski definition) is 1. The van der Waals surface area contributed by atoms with E-state index in [0.29, 0.717) is 6.10 Å². The second-order valence-electron chi connectivity index (χ2n) is 5.25. The molecule has 5 heteroatoms. The van der Waals surface area contributed by atoms with E-state index in [1.54, 1.807) is 12.1 Å². The van der Waals surface area contributed by atoms with Crippen molar-refractivity contribution >= 4 is 11.9 Å². The quantitative estimate of drug-likeness (QED) is 0.857. The number of carbonyl (C=O) groups is 2. The van der Waals surface area contributed by atoms with Crippen LogP contribution in [0.4, 0.5) is 0 Å². The molecule has 0 amide bonds. The molecule has 0 unspecified atom stereocenters. The van der Waals surface area contributed by atoms with Crippen molar-refractivity contribution in [2.24, 2.45) is 0 Å². The highest BCUT2D eigenvalue weighted by Gasteiger charge is 2.39. The van der Waals surface area contributed by atoms with Crippen LogP contribution in [0.3, 0.4) is 0 Å². The van der Waals surface area contributed by atoms with E-state index >= 15 is 0 Å². The van der Waals surface area contributed by atoms with Crippen molar-refractivity contribution < 1.29 is 24.2 Å². The van der Waals surface area contributed by atoms with Crippen LogP contribution in [0, 0.1) is 0 Å². The molecule has 106 valence electrons. The second-order valence-corrected chi connectivity index (χ2v) is 5.25. The van der Waals surface area contributed by atoms with Crippen molar-refractivity contribution in [2.45, 2.75) is 44.0 Å². The second kappa shape index (κ2) is 5.25. The summed E-state index contributed by atoms with van der Waals surface area (Å²) in [6.07, 6.45) is 3.62. The lowest BCUT2D eigenvalue weighted by Gasteiger charge is -2.29. The third kappa shape index (κ3) is 2.41. The van der Waals surface area contributed by atoms with E-state index in [2.05, 4.69) is 0 Å². The predicted molar refractivity (Wildman–Crippen MR) is 69.7 cm³/mol. The molecule has 0 saturated carbocycles. The van der Waals surface area contributed by atoms with E-state index in [4.69, 9.17) is 14.6 Å². The van der Waals surface area contributed by atoms with Gasteiger partial charge in [0.15, 0.2) is 0 Å². The minimum atomic E-state index is -1.13. The SMILES string of the molecule is O=C(O)c1ccccc1C(=O)O[C@@H]1CC[C@@H]2CC[C@@H]1O2. The van der Waals surface area contributed by atoms with Crippen molar-refractivity contribution in [1.29, 1.82) is 0 Å². The molecule has 0 radical (unpaired) electrons. The minimum Gasteiger partial charge on any atom is -0.478 e. The highest BCUT2D eigenvalue weighted by Crippen LogP contribution is 2.34. The molecule has 1 aromatic carbocycles. The van der Waals surface area contributed by atoms with Gasteiger partial charge in [-0.3, -0.25) is 0 Å². The van der Waals surface area contributed by atoms with Crippen LogP contribution in [0.15, 0.2) is 24.3 Å². The van der Waals surface area contributed by atoms with Gasteiger partial charge in [-0.15, -0.1) is 0 Å². The minimum absolute atomic E-state index is 0.0291. The van der Waals surface area contributed by atoms with Gasteiger partial charge in [-0.2, -0.15) is 0 Å². The molecule has 5 nitrogen and oxygen atoms in total. The summed E-state index contributed by atoms with van der Waals surface area (Å²) in [7, 11) is 0. The summed E-state index contributed by atoms with van der Waals surface area (Å²) >= 11 is 0. The number of carboxylic acid groups (broad SMARTS) is 1. The van der Waals surface area contributed by atoms with Gasteiger partial charge >= 0.3 is 11.9 Å². The zero-order chi connectivity index (χ0) is 14.1. The molecule has 2 aliphatic heterocycles. The number of fused-ring (bicyclic) bond motifs is 2. The molecule has 2 fully saturated rings. The van der Waals surface area contributed by atoms with Crippen LogP contribution in [0.1, 0.15) is 46.4 Å². The molecular weight excluding hydrogens is 260 g/mol. The fourth-order valence-electron chi connectivity index (χ4n) is 2.94. The van der Waals surface area contributed by atoms with Gasteiger partial charge < -0.3 is 14.6 Å². The first kappa shape index (κ1) is 13.1. The maximum Gasteiger partial charge on any atom is 0.339 e. The lowest BCUT2D eigenvalue weighted by molar-refractivity contribution is -0.0842. The number of esters is 1. The molecule has 1 aromatic rings. The maximum absolute atomic E-state index is 12.2. The van der Waals surface area contributed by atoms with Crippen molar-refractivity contribution in [2.75, 3.05) is 0 Å². The van der Waals surface area contributed by atoms with Crippen molar-refractivity contribution in [1.82, 2.24) is 0 Å². The van der Waals surface area contributed by atoms with Crippen LogP contribution >= 0.6 is 0 Å². The summed E-state index contributed by atoms with van der Waals surface area (Å²) in [6, 6.07) is 6.10. The van der Waals surface area contributed by atoms with E-state index < -0.39 is 11.9 Å². The summed E-state index contributed by atoms with van der Waals surface area (Å²) in [6.45, 7) is 0. The van der Waals surface area contributed by atoms with Gasteiger partial charge in [0, 0.05) is 0 Å². The third-order valence-corrected chi connectivity index (χ3v) is 3.96. The first-order valence-electron chi connectivity index (χ1n) is 6.84. The molecule has 3 atom stereocenters. The molecule has 0 aromatic heterocycles. The lowest BCUT2D eigenvalue weighted by Crippen LogP contribution is -2.36. The fraction of sp³-hybridized carbons (Fsp3) is 0.467. The largest absolute Gasteiger partial charge is 0.478 e. The lowest BCUT2D eigenvalue weighted by atomic mass is 10.1. The predicted octanol–water partition coefficient (Wildman–Crippen LogP) is 2.25. The average molecular weight is 276 g/mol. The molecule has 2 aliphatic rings. The van der Waals surface area contributed by atoms with Gasteiger partial charge in [-0.1, -0.05) is 12.1 Å². The normalized spacial score (nSPS) is 28.1. The van der Waals surface area contributed by atoms with Crippen LogP contribution in [0.25, 0.3) is 0 Å². The molecule has 3 rings (SSSR count). The Morgan fingerprint density at radius 3 is 2.55 bits per heavy atom. The number of benzene rings is 1. The van der Waals surface area contributed by atoms with E-state index in [1.165, 1.54) is 12.1 Å². The van der Waals surface area contributed by atoms with Crippen LogP contribution in [-0.4, -0.2) is 35.4 Å². The van der Waals surface area contributed by atoms with Gasteiger partial charge in [-0.25, -0.2) is 9.59 Å². The zero-order valence-corrected chi connectivity index (χ0v) is 11.0. The van der Waals surface area contributed by atoms with Crippen LogP contribution in [-0.2, 0) is 9.47 Å². The standard InChI is InChI=1S/C15H16O5/c16-14(17)10-3-1-2-4-11(10)15(18)20-13-8-6-9-5-7-12(13)19-9/h1-4,9,12-13H,5-8H2,(H,16,17)/t9-,12-,13+/m0/s1. The Balaban J connectivity index is 1.75. The van der Waals surface area contributed by atoms with E-state index in [0.717, 1.165) is 25.7 Å². The Morgan fingerprint density at radius 1 is 1.10 bits per heavy atom. The Kier molecular flexibility index (Phi) is 3.44. The molecule has 2 saturated heterocycles. The fourth-order valence-corrected chi connectivity index (χ4v) is 2.94. The Labute approximate surface area is 116 Å². The molecule has 2 bridgehead atoms. The van der Waals surface area contributed by atoms with Gasteiger partial charge in [0.2, 0.25) is 0 Å². The smallest absolute Gasteiger partial charge is 0.339 e. The molecule has 1 N–H and O–H groups in total. The van der Waals surface area contributed by atoms with Gasteiger partial charge in [0.05, 0.1) is 23.3 Å². The topological polar surface area (TPSA) is 72.8 Å². The Bertz CT molecular complexity index is 539. The molecular formula is C15H16O5. The first-order chi connectivity index (χ1) is 9.65. The summed E-state index contributed by atoms with van der Waals surface area (Å²) < 4.78 is 11.2. The van der Waals surface area contributed by atoms with Crippen LogP contribution < -0.4 is 0 Å². The van der Waals surface area contributed by atoms with Crippen molar-refractivity contribution in [3.63, 3.8) is 0 Å². The van der Waals surface area contributed by atoms with Gasteiger partial charge in [0.25, 0.3) is 0 Å². The number of rotatable bonds is 3. The van der Waals surface area contributed by atoms with E-state index in [9.17, 15) is 9.59 Å². The average Bonchev–Trinajstić information content (AvgIpc) is 2.84. The molecule has 0 aliphatic carbocycles. The number of hydrogen-bond acceptors (Lipinski definition) is 4. The number of carboxylic acids is 1. The highest BCUT2D eigenvalue weighted by molar-refractivity contribution is 6.02. The molecule has 0 spiro atoms. The van der Waals surface area contributed by atoms with E-state index in [-0.39, 0.29) is 23.3 Å². The summed E-state index contributed by atoms with van der Waals surface area (Å²) in [5.74, 6) is -1.71. The van der Waals surface area contributed by atoms with Crippen LogP contribution in [0.2, 0.25) is 0 Å². The third-order valence-electron chi connectivity index (χ3n) is 3.96. The summed E-state index contributed by atoms with van der Waals surface area (Å²) in [5, 5.41) is 9.09. The zero-order valence-electron chi connectivity index (χ0n) is 11.0. The molecule has 2 heterocycles. The number of carbonyl (C=O) groups excluding carboxylic acids is 1. The van der Waals surface area contributed by atoms with E-state index in [1.807, 2.05) is 0 Å². The van der Waals surface area contributed by atoms with Crippen molar-refractivity contribution in [3.8, 4) is 0 Å². The maximum atomic E-state index is 12.2.